The topological polar surface area (TPSA) is 74.2 Å². The van der Waals surface area contributed by atoms with Crippen molar-refractivity contribution in [3.8, 4) is 11.5 Å². The van der Waals surface area contributed by atoms with E-state index in [1.165, 1.54) is 0 Å². The van der Waals surface area contributed by atoms with Gasteiger partial charge in [0.1, 0.15) is 0 Å². The molecule has 1 saturated heterocycles. The van der Waals surface area contributed by atoms with Crippen LogP contribution in [0.3, 0.4) is 0 Å². The van der Waals surface area contributed by atoms with E-state index in [1.807, 2.05) is 24.3 Å². The van der Waals surface area contributed by atoms with Crippen LogP contribution in [0.2, 0.25) is 0 Å². The number of benzene rings is 1. The van der Waals surface area contributed by atoms with Gasteiger partial charge in [-0.2, -0.15) is 4.98 Å². The van der Waals surface area contributed by atoms with Gasteiger partial charge in [-0.25, -0.2) is 0 Å². The number of nitrogens with zero attached hydrogens (tertiary/aromatic N) is 2. The molecule has 3 rings (SSSR count). The maximum atomic E-state index is 5.57. The smallest absolute Gasteiger partial charge is 0.257 e. The number of aromatic nitrogens is 2. The molecule has 1 aliphatic rings. The Hall–Kier alpha value is -1.72. The Morgan fingerprint density at radius 3 is 2.79 bits per heavy atom. The van der Waals surface area contributed by atoms with Gasteiger partial charge >= 0.3 is 0 Å². The maximum Gasteiger partial charge on any atom is 0.257 e. The summed E-state index contributed by atoms with van der Waals surface area (Å²) < 4.78 is 10.6. The highest BCUT2D eigenvalue weighted by Crippen LogP contribution is 2.21. The highest BCUT2D eigenvalue weighted by molar-refractivity contribution is 5.53. The normalized spacial score (nSPS) is 18.9. The predicted octanol–water partition coefficient (Wildman–Crippen LogP) is 1.77. The molecule has 2 heterocycles. The fraction of sp³-hybridized carbons (Fsp3) is 0.429. The van der Waals surface area contributed by atoms with Gasteiger partial charge < -0.3 is 15.0 Å². The first-order valence-corrected chi connectivity index (χ1v) is 6.55. The van der Waals surface area contributed by atoms with Crippen LogP contribution in [-0.4, -0.2) is 23.4 Å². The van der Waals surface area contributed by atoms with E-state index >= 15 is 0 Å². The van der Waals surface area contributed by atoms with Crippen molar-refractivity contribution < 1.29 is 9.26 Å². The van der Waals surface area contributed by atoms with Crippen molar-refractivity contribution in [2.45, 2.75) is 19.4 Å². The number of ether oxygens (including phenoxy) is 1. The summed E-state index contributed by atoms with van der Waals surface area (Å²) in [7, 11) is 0. The van der Waals surface area contributed by atoms with Crippen molar-refractivity contribution in [3.63, 3.8) is 0 Å². The Morgan fingerprint density at radius 2 is 2.11 bits per heavy atom. The van der Waals surface area contributed by atoms with Crippen molar-refractivity contribution in [1.29, 1.82) is 0 Å². The second-order valence-corrected chi connectivity index (χ2v) is 4.85. The Labute approximate surface area is 111 Å². The van der Waals surface area contributed by atoms with Crippen molar-refractivity contribution in [3.05, 3.63) is 35.7 Å². The molecule has 0 aliphatic carbocycles. The molecule has 0 spiro atoms. The summed E-state index contributed by atoms with van der Waals surface area (Å²) in [6, 6.07) is 7.87. The third-order valence-electron chi connectivity index (χ3n) is 3.40. The van der Waals surface area contributed by atoms with Crippen LogP contribution in [-0.2, 0) is 17.7 Å². The van der Waals surface area contributed by atoms with E-state index in [-0.39, 0.29) is 0 Å². The van der Waals surface area contributed by atoms with Crippen LogP contribution in [0.15, 0.2) is 28.8 Å². The average Bonchev–Trinajstić information content (AvgIpc) is 3.11. The Morgan fingerprint density at radius 1 is 1.26 bits per heavy atom. The fourth-order valence-corrected chi connectivity index (χ4v) is 2.24. The predicted molar refractivity (Wildman–Crippen MR) is 70.3 cm³/mol. The molecule has 1 unspecified atom stereocenters. The van der Waals surface area contributed by atoms with E-state index in [2.05, 4.69) is 10.1 Å². The zero-order chi connectivity index (χ0) is 13.1. The number of rotatable bonds is 4. The second-order valence-electron chi connectivity index (χ2n) is 4.85. The Balaban J connectivity index is 1.72. The molecule has 5 heteroatoms. The summed E-state index contributed by atoms with van der Waals surface area (Å²) in [5.74, 6) is 1.84. The lowest BCUT2D eigenvalue weighted by Gasteiger charge is -2.01. The summed E-state index contributed by atoms with van der Waals surface area (Å²) in [4.78, 5) is 4.43. The molecule has 0 amide bonds. The minimum absolute atomic E-state index is 0.519. The summed E-state index contributed by atoms with van der Waals surface area (Å²) >= 11 is 0. The minimum atomic E-state index is 0.519. The minimum Gasteiger partial charge on any atom is -0.381 e. The first-order chi connectivity index (χ1) is 9.35. The van der Waals surface area contributed by atoms with Crippen LogP contribution >= 0.6 is 0 Å². The lowest BCUT2D eigenvalue weighted by Crippen LogP contribution is -2.04. The zero-order valence-electron chi connectivity index (χ0n) is 10.7. The molecule has 1 fully saturated rings. The number of hydrogen-bond acceptors (Lipinski definition) is 5. The standard InChI is InChI=1S/C14H17N3O2/c15-8-10-1-3-12(4-2-10)14-16-13(17-19-14)7-11-5-6-18-9-11/h1-4,11H,5-9,15H2. The summed E-state index contributed by atoms with van der Waals surface area (Å²) in [5.41, 5.74) is 7.59. The second kappa shape index (κ2) is 5.50. The SMILES string of the molecule is NCc1ccc(-c2nc(CC3CCOC3)no2)cc1. The van der Waals surface area contributed by atoms with E-state index in [4.69, 9.17) is 15.0 Å². The van der Waals surface area contributed by atoms with Gasteiger partial charge in [-0.05, 0) is 30.0 Å². The molecule has 1 aliphatic heterocycles. The van der Waals surface area contributed by atoms with E-state index in [9.17, 15) is 0 Å². The average molecular weight is 259 g/mol. The molecule has 100 valence electrons. The molecule has 0 radical (unpaired) electrons. The maximum absolute atomic E-state index is 5.57. The lowest BCUT2D eigenvalue weighted by atomic mass is 10.1. The first kappa shape index (κ1) is 12.3. The summed E-state index contributed by atoms with van der Waals surface area (Å²) in [5, 5.41) is 4.03. The third-order valence-corrected chi connectivity index (χ3v) is 3.40. The van der Waals surface area contributed by atoms with Gasteiger partial charge in [-0.1, -0.05) is 17.3 Å². The summed E-state index contributed by atoms with van der Waals surface area (Å²) in [6.07, 6.45) is 1.90. The van der Waals surface area contributed by atoms with E-state index in [0.717, 1.165) is 43.0 Å². The molecular weight excluding hydrogens is 242 g/mol. The molecule has 2 aromatic rings. The van der Waals surface area contributed by atoms with Gasteiger partial charge in [0, 0.05) is 31.7 Å². The van der Waals surface area contributed by atoms with Crippen LogP contribution in [0.1, 0.15) is 17.8 Å². The molecule has 0 saturated carbocycles. The highest BCUT2D eigenvalue weighted by atomic mass is 16.5. The van der Waals surface area contributed by atoms with Crippen LogP contribution < -0.4 is 5.73 Å². The lowest BCUT2D eigenvalue weighted by molar-refractivity contribution is 0.185. The quantitative estimate of drug-likeness (QED) is 0.905. The molecule has 1 atom stereocenters. The molecule has 0 bridgehead atoms. The first-order valence-electron chi connectivity index (χ1n) is 6.55. The number of nitrogens with two attached hydrogens (primary N) is 1. The molecule has 1 aromatic carbocycles. The van der Waals surface area contributed by atoms with Crippen LogP contribution in [0, 0.1) is 5.92 Å². The van der Waals surface area contributed by atoms with E-state index in [0.29, 0.717) is 18.4 Å². The van der Waals surface area contributed by atoms with Gasteiger partial charge in [-0.15, -0.1) is 0 Å². The van der Waals surface area contributed by atoms with Crippen LogP contribution in [0.5, 0.6) is 0 Å². The third kappa shape index (κ3) is 2.83. The van der Waals surface area contributed by atoms with Gasteiger partial charge in [0.15, 0.2) is 5.82 Å². The van der Waals surface area contributed by atoms with Gasteiger partial charge in [-0.3, -0.25) is 0 Å². The van der Waals surface area contributed by atoms with Crippen LogP contribution in [0.25, 0.3) is 11.5 Å². The fourth-order valence-electron chi connectivity index (χ4n) is 2.24. The van der Waals surface area contributed by atoms with Crippen molar-refractivity contribution in [2.75, 3.05) is 13.2 Å². The number of hydrogen-bond donors (Lipinski definition) is 1. The van der Waals surface area contributed by atoms with E-state index in [1.54, 1.807) is 0 Å². The molecular formula is C14H17N3O2. The molecule has 2 N–H and O–H groups in total. The Kier molecular flexibility index (Phi) is 3.57. The highest BCUT2D eigenvalue weighted by Gasteiger charge is 2.19. The Bertz CT molecular complexity index is 530. The van der Waals surface area contributed by atoms with Crippen LogP contribution in [0.4, 0.5) is 0 Å². The van der Waals surface area contributed by atoms with Crippen molar-refractivity contribution >= 4 is 0 Å². The summed E-state index contributed by atoms with van der Waals surface area (Å²) in [6.45, 7) is 2.18. The zero-order valence-corrected chi connectivity index (χ0v) is 10.7. The van der Waals surface area contributed by atoms with Crippen molar-refractivity contribution in [2.24, 2.45) is 11.7 Å². The van der Waals surface area contributed by atoms with Gasteiger partial charge in [0.05, 0.1) is 0 Å². The van der Waals surface area contributed by atoms with E-state index < -0.39 is 0 Å². The monoisotopic (exact) mass is 259 g/mol. The van der Waals surface area contributed by atoms with Gasteiger partial charge in [0.2, 0.25) is 0 Å². The largest absolute Gasteiger partial charge is 0.381 e. The van der Waals surface area contributed by atoms with Gasteiger partial charge in [0.25, 0.3) is 5.89 Å². The molecule has 19 heavy (non-hydrogen) atoms. The molecule has 5 nitrogen and oxygen atoms in total. The molecule has 1 aromatic heterocycles. The van der Waals surface area contributed by atoms with Crippen molar-refractivity contribution in [1.82, 2.24) is 10.1 Å².